The van der Waals surface area contributed by atoms with Crippen LogP contribution < -0.4 is 4.74 Å². The molecule has 1 fully saturated rings. The number of rotatable bonds is 6. The van der Waals surface area contributed by atoms with E-state index in [-0.39, 0.29) is 5.75 Å². The lowest BCUT2D eigenvalue weighted by Gasteiger charge is -2.28. The van der Waals surface area contributed by atoms with Crippen molar-refractivity contribution in [2.75, 3.05) is 0 Å². The van der Waals surface area contributed by atoms with Gasteiger partial charge in [-0.1, -0.05) is 55.3 Å². The number of ether oxygens (including phenoxy) is 1. The van der Waals surface area contributed by atoms with Gasteiger partial charge in [0.25, 0.3) is 0 Å². The van der Waals surface area contributed by atoms with Crippen LogP contribution >= 0.6 is 0 Å². The van der Waals surface area contributed by atoms with E-state index < -0.39 is 23.3 Å². The molecule has 4 rings (SSSR count). The molecule has 0 aromatic heterocycles. The molecule has 0 spiro atoms. The molecule has 1 aliphatic rings. The molecule has 0 heterocycles. The molecular weight excluding hydrogens is 444 g/mol. The van der Waals surface area contributed by atoms with Crippen LogP contribution in [-0.4, -0.2) is 10.2 Å². The zero-order valence-electron chi connectivity index (χ0n) is 18.9. The zero-order valence-corrected chi connectivity index (χ0v) is 20.9. The predicted molar refractivity (Wildman–Crippen MR) is 127 cm³/mol. The van der Waals surface area contributed by atoms with E-state index in [9.17, 15) is 17.6 Å². The van der Waals surface area contributed by atoms with Crippen LogP contribution in [0.5, 0.6) is 5.75 Å². The van der Waals surface area contributed by atoms with Gasteiger partial charge in [-0.2, -0.15) is 8.78 Å². The topological polar surface area (TPSA) is 9.23 Å². The molecule has 1 saturated carbocycles. The average Bonchev–Trinajstić information content (AvgIpc) is 2.81. The van der Waals surface area contributed by atoms with Crippen LogP contribution in [0.2, 0.25) is 6.04 Å². The summed E-state index contributed by atoms with van der Waals surface area (Å²) < 4.78 is 62.2. The molecule has 1 aliphatic carbocycles. The first-order chi connectivity index (χ1) is 15.8. The SMILES string of the molecule is Cc1ccc(OC(F)(F)c2ccc(-c3ccc(C4CCC(C[SiH3])CC4)cc3)cc2F)cc1F. The number of benzene rings is 3. The maximum Gasteiger partial charge on any atom is 0.429 e. The van der Waals surface area contributed by atoms with Crippen molar-refractivity contribution in [1.29, 1.82) is 0 Å². The molecule has 0 unspecified atom stereocenters. The van der Waals surface area contributed by atoms with Crippen LogP contribution in [0.1, 0.15) is 48.3 Å². The second-order valence-corrected chi connectivity index (χ2v) is 9.79. The third-order valence-corrected chi connectivity index (χ3v) is 7.97. The van der Waals surface area contributed by atoms with Gasteiger partial charge in [-0.15, -0.1) is 0 Å². The normalized spacial score (nSPS) is 18.9. The summed E-state index contributed by atoms with van der Waals surface area (Å²) in [6.45, 7) is 1.51. The van der Waals surface area contributed by atoms with Gasteiger partial charge in [-0.25, -0.2) is 8.78 Å². The lowest BCUT2D eigenvalue weighted by molar-refractivity contribution is -0.187. The molecular formula is C27H28F4OSi. The van der Waals surface area contributed by atoms with Gasteiger partial charge in [0.15, 0.2) is 0 Å². The van der Waals surface area contributed by atoms with E-state index in [2.05, 4.69) is 16.9 Å². The third kappa shape index (κ3) is 5.32. The Bertz CT molecular complexity index is 1110. The Kier molecular flexibility index (Phi) is 6.93. The lowest BCUT2D eigenvalue weighted by Crippen LogP contribution is -2.23. The fraction of sp³-hybridized carbons (Fsp3) is 0.333. The van der Waals surface area contributed by atoms with Crippen molar-refractivity contribution in [1.82, 2.24) is 0 Å². The minimum atomic E-state index is -3.94. The van der Waals surface area contributed by atoms with Crippen molar-refractivity contribution in [3.05, 3.63) is 89.0 Å². The highest BCUT2D eigenvalue weighted by Crippen LogP contribution is 2.38. The van der Waals surface area contributed by atoms with Gasteiger partial charge in [-0.05, 0) is 72.1 Å². The zero-order chi connectivity index (χ0) is 23.6. The highest BCUT2D eigenvalue weighted by Gasteiger charge is 2.38. The van der Waals surface area contributed by atoms with Crippen molar-refractivity contribution in [2.45, 2.75) is 50.7 Å². The fourth-order valence-corrected chi connectivity index (χ4v) is 5.44. The standard InChI is InChI=1S/C27H28F4OSi/c1-17-2-12-23(15-25(17)28)32-27(30,31)24-13-11-22(14-26(24)29)21-9-7-20(8-10-21)19-5-3-18(16-33)4-6-19/h2,7-15,18-19H,3-6,16H2,1,33H3. The van der Waals surface area contributed by atoms with Crippen LogP contribution in [0.4, 0.5) is 17.6 Å². The predicted octanol–water partition coefficient (Wildman–Crippen LogP) is 7.13. The largest absolute Gasteiger partial charge is 0.429 e. The summed E-state index contributed by atoms with van der Waals surface area (Å²) >= 11 is 0. The molecule has 0 bridgehead atoms. The summed E-state index contributed by atoms with van der Waals surface area (Å²) in [5, 5.41) is 0. The van der Waals surface area contributed by atoms with Crippen molar-refractivity contribution >= 4 is 10.2 Å². The van der Waals surface area contributed by atoms with Crippen LogP contribution in [0, 0.1) is 24.5 Å². The van der Waals surface area contributed by atoms with E-state index in [1.54, 1.807) is 0 Å². The van der Waals surface area contributed by atoms with E-state index >= 15 is 0 Å². The molecule has 174 valence electrons. The molecule has 0 saturated heterocycles. The number of halogens is 4. The molecule has 0 radical (unpaired) electrons. The second kappa shape index (κ2) is 9.72. The maximum atomic E-state index is 14.7. The Labute approximate surface area is 195 Å². The van der Waals surface area contributed by atoms with Crippen LogP contribution in [-0.2, 0) is 6.11 Å². The van der Waals surface area contributed by atoms with Gasteiger partial charge >= 0.3 is 6.11 Å². The molecule has 0 atom stereocenters. The summed E-state index contributed by atoms with van der Waals surface area (Å²) in [5.41, 5.74) is 1.98. The smallest absolute Gasteiger partial charge is 0.429 e. The molecule has 3 aromatic carbocycles. The first-order valence-corrected chi connectivity index (χ1v) is 12.9. The number of aryl methyl sites for hydroxylation is 1. The van der Waals surface area contributed by atoms with Gasteiger partial charge in [-0.3, -0.25) is 0 Å². The van der Waals surface area contributed by atoms with Gasteiger partial charge in [0.1, 0.15) is 17.4 Å². The molecule has 3 aromatic rings. The number of alkyl halides is 2. The summed E-state index contributed by atoms with van der Waals surface area (Å²) in [6, 6.07) is 16.4. The minimum absolute atomic E-state index is 0.308. The average molecular weight is 473 g/mol. The van der Waals surface area contributed by atoms with Gasteiger partial charge in [0.05, 0.1) is 5.56 Å². The van der Waals surface area contributed by atoms with Crippen molar-refractivity contribution in [3.63, 3.8) is 0 Å². The minimum Gasteiger partial charge on any atom is -0.429 e. The number of hydrogen-bond acceptors (Lipinski definition) is 1. The van der Waals surface area contributed by atoms with Crippen molar-refractivity contribution in [3.8, 4) is 16.9 Å². The first kappa shape index (κ1) is 23.6. The van der Waals surface area contributed by atoms with E-state index in [4.69, 9.17) is 0 Å². The monoisotopic (exact) mass is 472 g/mol. The van der Waals surface area contributed by atoms with Gasteiger partial charge < -0.3 is 4.74 Å². The Hall–Kier alpha value is -2.60. The second-order valence-electron chi connectivity index (χ2n) is 8.97. The Balaban J connectivity index is 1.49. The molecule has 1 nitrogen and oxygen atoms in total. The summed E-state index contributed by atoms with van der Waals surface area (Å²) in [7, 11) is 1.27. The molecule has 0 N–H and O–H groups in total. The quantitative estimate of drug-likeness (QED) is 0.274. The summed E-state index contributed by atoms with van der Waals surface area (Å²) in [4.78, 5) is 0. The summed E-state index contributed by atoms with van der Waals surface area (Å²) in [6.07, 6.45) is 1.04. The van der Waals surface area contributed by atoms with E-state index in [0.717, 1.165) is 29.7 Å². The van der Waals surface area contributed by atoms with Crippen molar-refractivity contribution in [2.24, 2.45) is 5.92 Å². The van der Waals surface area contributed by atoms with Crippen LogP contribution in [0.25, 0.3) is 11.1 Å². The highest BCUT2D eigenvalue weighted by molar-refractivity contribution is 6.08. The van der Waals surface area contributed by atoms with Gasteiger partial charge in [0, 0.05) is 16.3 Å². The molecule has 33 heavy (non-hydrogen) atoms. The Morgan fingerprint density at radius 2 is 1.52 bits per heavy atom. The highest BCUT2D eigenvalue weighted by atomic mass is 28.1. The number of hydrogen-bond donors (Lipinski definition) is 0. The Morgan fingerprint density at radius 1 is 0.848 bits per heavy atom. The van der Waals surface area contributed by atoms with E-state index in [0.29, 0.717) is 17.0 Å². The maximum absolute atomic E-state index is 14.7. The fourth-order valence-electron chi connectivity index (χ4n) is 4.62. The summed E-state index contributed by atoms with van der Waals surface area (Å²) in [5.74, 6) is -0.652. The van der Waals surface area contributed by atoms with E-state index in [1.165, 1.54) is 72.7 Å². The third-order valence-electron chi connectivity index (χ3n) is 6.81. The van der Waals surface area contributed by atoms with Gasteiger partial charge in [0.2, 0.25) is 0 Å². The van der Waals surface area contributed by atoms with E-state index in [1.807, 2.05) is 12.1 Å². The van der Waals surface area contributed by atoms with Crippen molar-refractivity contribution < 1.29 is 22.3 Å². The lowest BCUT2D eigenvalue weighted by atomic mass is 9.79. The Morgan fingerprint density at radius 3 is 2.12 bits per heavy atom. The first-order valence-electron chi connectivity index (χ1n) is 11.5. The molecule has 0 amide bonds. The van der Waals surface area contributed by atoms with Crippen LogP contribution in [0.3, 0.4) is 0 Å². The van der Waals surface area contributed by atoms with Crippen LogP contribution in [0.15, 0.2) is 60.7 Å². The molecule has 0 aliphatic heterocycles. The molecule has 6 heteroatoms.